The summed E-state index contributed by atoms with van der Waals surface area (Å²) in [5.74, 6) is 0.806. The van der Waals surface area contributed by atoms with Crippen molar-refractivity contribution in [3.05, 3.63) is 70.8 Å². The molecule has 0 unspecified atom stereocenters. The predicted octanol–water partition coefficient (Wildman–Crippen LogP) is 4.21. The number of ether oxygens (including phenoxy) is 1. The van der Waals surface area contributed by atoms with Crippen LogP contribution in [-0.2, 0) is 0 Å². The maximum atomic E-state index is 12.2. The van der Waals surface area contributed by atoms with Crippen molar-refractivity contribution in [1.29, 1.82) is 0 Å². The molecule has 0 atom stereocenters. The summed E-state index contributed by atoms with van der Waals surface area (Å²) >= 11 is 0. The molecule has 2 rings (SSSR count). The van der Waals surface area contributed by atoms with Crippen LogP contribution >= 0.6 is 0 Å². The molecule has 0 bridgehead atoms. The molecule has 20 heavy (non-hydrogen) atoms. The van der Waals surface area contributed by atoms with Crippen LogP contribution in [0.4, 0.5) is 0 Å². The van der Waals surface area contributed by atoms with Gasteiger partial charge in [-0.3, -0.25) is 4.79 Å². The van der Waals surface area contributed by atoms with E-state index in [4.69, 9.17) is 4.74 Å². The van der Waals surface area contributed by atoms with Gasteiger partial charge in [0.2, 0.25) is 0 Å². The number of ketones is 1. The molecule has 0 N–H and O–H groups in total. The van der Waals surface area contributed by atoms with Gasteiger partial charge in [-0.2, -0.15) is 0 Å². The van der Waals surface area contributed by atoms with Crippen LogP contribution in [0, 0.1) is 13.8 Å². The lowest BCUT2D eigenvalue weighted by Crippen LogP contribution is -1.98. The van der Waals surface area contributed by atoms with Gasteiger partial charge in [0.25, 0.3) is 0 Å². The number of methoxy groups -OCH3 is 1. The van der Waals surface area contributed by atoms with Crippen LogP contribution in [0.2, 0.25) is 0 Å². The van der Waals surface area contributed by atoms with E-state index in [0.29, 0.717) is 0 Å². The monoisotopic (exact) mass is 266 g/mol. The molecule has 0 aliphatic carbocycles. The highest BCUT2D eigenvalue weighted by molar-refractivity contribution is 6.07. The number of rotatable bonds is 4. The molecule has 2 aromatic carbocycles. The van der Waals surface area contributed by atoms with Crippen molar-refractivity contribution < 1.29 is 9.53 Å². The average molecular weight is 266 g/mol. The summed E-state index contributed by atoms with van der Waals surface area (Å²) in [5, 5.41) is 0. The zero-order valence-corrected chi connectivity index (χ0v) is 12.0. The number of hydrogen-bond acceptors (Lipinski definition) is 2. The minimum Gasteiger partial charge on any atom is -0.497 e. The van der Waals surface area contributed by atoms with E-state index in [1.165, 1.54) is 0 Å². The molecular weight excluding hydrogens is 248 g/mol. The smallest absolute Gasteiger partial charge is 0.186 e. The first-order chi connectivity index (χ1) is 9.60. The van der Waals surface area contributed by atoms with Crippen LogP contribution in [-0.4, -0.2) is 12.9 Å². The van der Waals surface area contributed by atoms with Gasteiger partial charge in [0.15, 0.2) is 5.78 Å². The summed E-state index contributed by atoms with van der Waals surface area (Å²) in [6, 6.07) is 13.5. The summed E-state index contributed by atoms with van der Waals surface area (Å²) in [7, 11) is 1.63. The largest absolute Gasteiger partial charge is 0.497 e. The molecule has 0 heterocycles. The molecule has 0 aromatic heterocycles. The fourth-order valence-electron chi connectivity index (χ4n) is 2.01. The Morgan fingerprint density at radius 1 is 1.10 bits per heavy atom. The van der Waals surface area contributed by atoms with E-state index in [9.17, 15) is 4.79 Å². The summed E-state index contributed by atoms with van der Waals surface area (Å²) in [6.07, 6.45) is 3.42. The number of benzene rings is 2. The highest BCUT2D eigenvalue weighted by atomic mass is 16.5. The van der Waals surface area contributed by atoms with E-state index in [-0.39, 0.29) is 5.78 Å². The van der Waals surface area contributed by atoms with Crippen LogP contribution < -0.4 is 4.74 Å². The van der Waals surface area contributed by atoms with Gasteiger partial charge < -0.3 is 4.74 Å². The molecule has 2 heteroatoms. The Bertz CT molecular complexity index is 654. The summed E-state index contributed by atoms with van der Waals surface area (Å²) in [4.78, 5) is 12.2. The first kappa shape index (κ1) is 14.1. The number of allylic oxidation sites excluding steroid dienone is 1. The Kier molecular flexibility index (Phi) is 4.36. The van der Waals surface area contributed by atoms with E-state index < -0.39 is 0 Å². The zero-order chi connectivity index (χ0) is 14.5. The molecule has 0 aliphatic rings. The van der Waals surface area contributed by atoms with Crippen molar-refractivity contribution in [2.75, 3.05) is 7.11 Å². The van der Waals surface area contributed by atoms with Gasteiger partial charge in [0.1, 0.15) is 5.75 Å². The highest BCUT2D eigenvalue weighted by Gasteiger charge is 2.05. The van der Waals surface area contributed by atoms with Crippen molar-refractivity contribution in [2.24, 2.45) is 0 Å². The molecule has 0 radical (unpaired) electrons. The van der Waals surface area contributed by atoms with Gasteiger partial charge in [-0.15, -0.1) is 0 Å². The third kappa shape index (κ3) is 3.35. The maximum Gasteiger partial charge on any atom is 0.186 e. The van der Waals surface area contributed by atoms with Crippen molar-refractivity contribution in [2.45, 2.75) is 13.8 Å². The number of hydrogen-bond donors (Lipinski definition) is 0. The summed E-state index contributed by atoms with van der Waals surface area (Å²) < 4.78 is 5.16. The van der Waals surface area contributed by atoms with Crippen LogP contribution in [0.25, 0.3) is 6.08 Å². The molecule has 2 nitrogen and oxygen atoms in total. The molecule has 0 spiro atoms. The van der Waals surface area contributed by atoms with Crippen LogP contribution in [0.1, 0.15) is 27.0 Å². The normalized spacial score (nSPS) is 10.8. The fourth-order valence-corrected chi connectivity index (χ4v) is 2.01. The lowest BCUT2D eigenvalue weighted by atomic mass is 10.0. The van der Waals surface area contributed by atoms with E-state index in [2.05, 4.69) is 0 Å². The topological polar surface area (TPSA) is 26.3 Å². The number of carbonyl (C=O) groups excluding carboxylic acids is 1. The number of carbonyl (C=O) groups is 1. The average Bonchev–Trinajstić information content (AvgIpc) is 2.47. The summed E-state index contributed by atoms with van der Waals surface area (Å²) in [6.45, 7) is 3.94. The lowest BCUT2D eigenvalue weighted by Gasteiger charge is -2.03. The van der Waals surface area contributed by atoms with Gasteiger partial charge >= 0.3 is 0 Å². The predicted molar refractivity (Wildman–Crippen MR) is 82.3 cm³/mol. The van der Waals surface area contributed by atoms with Crippen molar-refractivity contribution >= 4 is 11.9 Å². The van der Waals surface area contributed by atoms with Crippen molar-refractivity contribution in [3.8, 4) is 5.75 Å². The quantitative estimate of drug-likeness (QED) is 0.612. The van der Waals surface area contributed by atoms with Crippen LogP contribution in [0.15, 0.2) is 48.5 Å². The third-order valence-electron chi connectivity index (χ3n) is 3.18. The fraction of sp³-hybridized carbons (Fsp3) is 0.167. The Balaban J connectivity index is 2.22. The molecule has 0 fully saturated rings. The standard InChI is InChI=1S/C18H18O2/c1-13-7-8-14(2)17(11-13)18(19)10-9-15-5-4-6-16(12-15)20-3/h4-12H,1-3H3/b10-9+. The van der Waals surface area contributed by atoms with Gasteiger partial charge in [0.05, 0.1) is 7.11 Å². The molecule has 0 amide bonds. The molecule has 0 aliphatic heterocycles. The summed E-state index contributed by atoms with van der Waals surface area (Å²) in [5.41, 5.74) is 3.79. The maximum absolute atomic E-state index is 12.2. The van der Waals surface area contributed by atoms with E-state index in [0.717, 1.165) is 28.0 Å². The minimum absolute atomic E-state index is 0.0222. The second kappa shape index (κ2) is 6.20. The van der Waals surface area contributed by atoms with Crippen LogP contribution in [0.5, 0.6) is 5.75 Å². The van der Waals surface area contributed by atoms with E-state index >= 15 is 0 Å². The first-order valence-electron chi connectivity index (χ1n) is 6.54. The van der Waals surface area contributed by atoms with Gasteiger partial charge in [-0.1, -0.05) is 35.9 Å². The van der Waals surface area contributed by atoms with Crippen molar-refractivity contribution in [1.82, 2.24) is 0 Å². The van der Waals surface area contributed by atoms with Crippen LogP contribution in [0.3, 0.4) is 0 Å². The lowest BCUT2D eigenvalue weighted by molar-refractivity contribution is 0.104. The Labute approximate surface area is 119 Å². The Morgan fingerprint density at radius 3 is 2.65 bits per heavy atom. The SMILES string of the molecule is COc1cccc(/C=C/C(=O)c2cc(C)ccc2C)c1. The molecule has 2 aromatic rings. The van der Waals surface area contributed by atoms with Gasteiger partial charge in [0, 0.05) is 5.56 Å². The molecule has 0 saturated heterocycles. The third-order valence-corrected chi connectivity index (χ3v) is 3.18. The Morgan fingerprint density at radius 2 is 1.90 bits per heavy atom. The van der Waals surface area contributed by atoms with Gasteiger partial charge in [-0.25, -0.2) is 0 Å². The molecule has 0 saturated carbocycles. The van der Waals surface area contributed by atoms with Crippen molar-refractivity contribution in [3.63, 3.8) is 0 Å². The van der Waals surface area contributed by atoms with E-state index in [1.54, 1.807) is 13.2 Å². The van der Waals surface area contributed by atoms with E-state index in [1.807, 2.05) is 62.4 Å². The second-order valence-electron chi connectivity index (χ2n) is 4.79. The minimum atomic E-state index is 0.0222. The Hall–Kier alpha value is -2.35. The zero-order valence-electron chi connectivity index (χ0n) is 12.0. The highest BCUT2D eigenvalue weighted by Crippen LogP contribution is 2.15. The molecule has 102 valence electrons. The first-order valence-corrected chi connectivity index (χ1v) is 6.54. The molecular formula is C18H18O2. The second-order valence-corrected chi connectivity index (χ2v) is 4.79. The van der Waals surface area contributed by atoms with Gasteiger partial charge in [-0.05, 0) is 49.2 Å². The number of aryl methyl sites for hydroxylation is 2.